The van der Waals surface area contributed by atoms with Crippen molar-refractivity contribution in [3.05, 3.63) is 105 Å². The Labute approximate surface area is 193 Å². The van der Waals surface area contributed by atoms with Crippen LogP contribution in [0.2, 0.25) is 0 Å². The Bertz CT molecular complexity index is 1440. The molecule has 1 atom stereocenters. The molecule has 2 aliphatic rings. The standard InChI is InChI=1S/C24H16N4O2S2/c29-18-14-8-7-13-17(18)19-20-22(27(24(31)32-20)16-11-5-2-6-12-16)28-23(25-19)30-21(26-28)15-9-3-1-4-10-15/h1-14,19,29H. The number of benzene rings is 3. The molecule has 32 heavy (non-hydrogen) atoms. The van der Waals surface area contributed by atoms with Crippen molar-refractivity contribution in [2.45, 2.75) is 6.04 Å². The van der Waals surface area contributed by atoms with Gasteiger partial charge < -0.3 is 9.84 Å². The van der Waals surface area contributed by atoms with Crippen molar-refractivity contribution >= 4 is 41.3 Å². The van der Waals surface area contributed by atoms with Gasteiger partial charge in [0.1, 0.15) is 11.8 Å². The lowest BCUT2D eigenvalue weighted by atomic mass is 10.0. The largest absolute Gasteiger partial charge is 0.508 e. The number of phenolic OH excluding ortho intramolecular Hbond substituents is 1. The number of hydrogen-bond donors (Lipinski definition) is 1. The summed E-state index contributed by atoms with van der Waals surface area (Å²) < 4.78 is 8.75. The van der Waals surface area contributed by atoms with Crippen LogP contribution >= 0.6 is 23.6 Å². The summed E-state index contributed by atoms with van der Waals surface area (Å²) in [5, 5.41) is 17.0. The van der Waals surface area contributed by atoms with Gasteiger partial charge in [0.15, 0.2) is 9.77 Å². The first-order valence-corrected chi connectivity index (χ1v) is 11.2. The van der Waals surface area contributed by atoms with Gasteiger partial charge >= 0.3 is 6.02 Å². The molecule has 3 aromatic carbocycles. The van der Waals surface area contributed by atoms with Crippen LogP contribution in [0.4, 0.5) is 5.82 Å². The molecule has 0 saturated heterocycles. The van der Waals surface area contributed by atoms with Crippen LogP contribution in [-0.4, -0.2) is 21.6 Å². The van der Waals surface area contributed by atoms with Crippen LogP contribution in [0, 0.1) is 3.95 Å². The fourth-order valence-electron chi connectivity index (χ4n) is 3.86. The Kier molecular flexibility index (Phi) is 4.41. The van der Waals surface area contributed by atoms with E-state index in [1.54, 1.807) is 17.1 Å². The van der Waals surface area contributed by atoms with Gasteiger partial charge in [-0.1, -0.05) is 54.6 Å². The van der Waals surface area contributed by atoms with E-state index in [4.69, 9.17) is 27.0 Å². The minimum absolute atomic E-state index is 0.175. The van der Waals surface area contributed by atoms with E-state index in [9.17, 15) is 5.11 Å². The lowest BCUT2D eigenvalue weighted by Crippen LogP contribution is -2.29. The van der Waals surface area contributed by atoms with E-state index in [1.807, 2.05) is 77.4 Å². The van der Waals surface area contributed by atoms with E-state index in [0.717, 1.165) is 21.9 Å². The summed E-state index contributed by atoms with van der Waals surface area (Å²) in [6.45, 7) is 0. The zero-order chi connectivity index (χ0) is 21.7. The number of hydrazone groups is 1. The second-order valence-corrected chi connectivity index (χ2v) is 8.96. The molecule has 156 valence electrons. The molecule has 6 nitrogen and oxygen atoms in total. The van der Waals surface area contributed by atoms with E-state index in [2.05, 4.69) is 0 Å². The molecule has 0 spiro atoms. The average Bonchev–Trinajstić information content (AvgIpc) is 3.41. The van der Waals surface area contributed by atoms with Gasteiger partial charge in [-0.15, -0.1) is 16.4 Å². The van der Waals surface area contributed by atoms with Crippen LogP contribution in [0.15, 0.2) is 95.0 Å². The summed E-state index contributed by atoms with van der Waals surface area (Å²) in [5.41, 5.74) is 2.47. The third-order valence-corrected chi connectivity index (χ3v) is 6.74. The Hall–Kier alpha value is -3.75. The van der Waals surface area contributed by atoms with Gasteiger partial charge in [0.25, 0.3) is 0 Å². The van der Waals surface area contributed by atoms with Crippen molar-refractivity contribution in [1.29, 1.82) is 0 Å². The number of ether oxygens (including phenoxy) is 1. The molecule has 4 aromatic rings. The van der Waals surface area contributed by atoms with Crippen molar-refractivity contribution in [1.82, 2.24) is 4.57 Å². The Morgan fingerprint density at radius 1 is 0.906 bits per heavy atom. The number of aromatic nitrogens is 1. The molecule has 1 N–H and O–H groups in total. The zero-order valence-corrected chi connectivity index (χ0v) is 18.3. The predicted molar refractivity (Wildman–Crippen MR) is 128 cm³/mol. The third-order valence-electron chi connectivity index (χ3n) is 5.33. The molecular weight excluding hydrogens is 440 g/mol. The minimum atomic E-state index is -0.459. The Morgan fingerprint density at radius 2 is 1.59 bits per heavy atom. The van der Waals surface area contributed by atoms with E-state index >= 15 is 0 Å². The lowest BCUT2D eigenvalue weighted by molar-refractivity contribution is 0.464. The molecule has 1 unspecified atom stereocenters. The van der Waals surface area contributed by atoms with E-state index < -0.39 is 6.04 Å². The number of anilines is 1. The summed E-state index contributed by atoms with van der Waals surface area (Å²) >= 11 is 7.24. The van der Waals surface area contributed by atoms with Gasteiger partial charge in [-0.2, -0.15) is 5.01 Å². The maximum Gasteiger partial charge on any atom is 0.322 e. The number of para-hydroxylation sites is 2. The Morgan fingerprint density at radius 3 is 2.34 bits per heavy atom. The molecule has 0 saturated carbocycles. The molecule has 0 bridgehead atoms. The van der Waals surface area contributed by atoms with Crippen LogP contribution in [0.1, 0.15) is 22.0 Å². The van der Waals surface area contributed by atoms with Crippen molar-refractivity contribution in [3.8, 4) is 11.4 Å². The molecular formula is C24H16N4O2S2. The lowest BCUT2D eigenvalue weighted by Gasteiger charge is -2.25. The quantitative estimate of drug-likeness (QED) is 0.406. The summed E-state index contributed by atoms with van der Waals surface area (Å²) in [6.07, 6.45) is 0. The van der Waals surface area contributed by atoms with Crippen LogP contribution in [0.3, 0.4) is 0 Å². The minimum Gasteiger partial charge on any atom is -0.508 e. The Balaban J connectivity index is 1.59. The molecule has 1 aromatic heterocycles. The number of nitrogens with zero attached hydrogens (tertiary/aromatic N) is 4. The molecule has 0 amide bonds. The number of rotatable bonds is 3. The number of hydrogen-bond acceptors (Lipinski definition) is 7. The molecule has 6 rings (SSSR count). The summed E-state index contributed by atoms with van der Waals surface area (Å²) in [5.74, 6) is 1.41. The number of aromatic hydroxyl groups is 1. The monoisotopic (exact) mass is 456 g/mol. The maximum atomic E-state index is 10.6. The predicted octanol–water partition coefficient (Wildman–Crippen LogP) is 5.63. The average molecular weight is 457 g/mol. The number of phenols is 1. The van der Waals surface area contributed by atoms with Crippen molar-refractivity contribution in [2.24, 2.45) is 10.1 Å². The SMILES string of the molecule is Oc1ccccc1C1N=C2OC(c3ccccc3)=NN2c2c1sc(=S)n2-c1ccccc1. The number of fused-ring (bicyclic) bond motifs is 3. The van der Waals surface area contributed by atoms with Crippen LogP contribution in [0.25, 0.3) is 5.69 Å². The van der Waals surface area contributed by atoms with Crippen molar-refractivity contribution < 1.29 is 9.84 Å². The molecule has 0 aliphatic carbocycles. The first kappa shape index (κ1) is 19.0. The molecule has 2 aliphatic heterocycles. The number of amidine groups is 1. The summed E-state index contributed by atoms with van der Waals surface area (Å²) in [4.78, 5) is 5.73. The van der Waals surface area contributed by atoms with Crippen LogP contribution < -0.4 is 5.01 Å². The third kappa shape index (κ3) is 2.96. The van der Waals surface area contributed by atoms with Gasteiger partial charge in [0, 0.05) is 16.8 Å². The molecule has 8 heteroatoms. The van der Waals surface area contributed by atoms with Crippen molar-refractivity contribution in [2.75, 3.05) is 5.01 Å². The summed E-state index contributed by atoms with van der Waals surface area (Å²) in [7, 11) is 0. The first-order chi connectivity index (χ1) is 15.7. The van der Waals surface area contributed by atoms with Gasteiger partial charge in [-0.3, -0.25) is 4.57 Å². The highest BCUT2D eigenvalue weighted by molar-refractivity contribution is 7.73. The fourth-order valence-corrected chi connectivity index (χ4v) is 5.36. The zero-order valence-electron chi connectivity index (χ0n) is 16.6. The van der Waals surface area contributed by atoms with Gasteiger partial charge in [0.05, 0.1) is 4.88 Å². The molecule has 0 fully saturated rings. The van der Waals surface area contributed by atoms with E-state index in [1.165, 1.54) is 11.3 Å². The van der Waals surface area contributed by atoms with Gasteiger partial charge in [0.2, 0.25) is 5.90 Å². The number of thiazole rings is 1. The highest BCUT2D eigenvalue weighted by Crippen LogP contribution is 2.46. The van der Waals surface area contributed by atoms with E-state index in [-0.39, 0.29) is 5.75 Å². The first-order valence-electron chi connectivity index (χ1n) is 9.99. The number of aliphatic imine (C=N–C) groups is 1. The van der Waals surface area contributed by atoms with Crippen LogP contribution in [-0.2, 0) is 4.74 Å². The highest BCUT2D eigenvalue weighted by Gasteiger charge is 2.40. The second kappa shape index (κ2) is 7.44. The van der Waals surface area contributed by atoms with Gasteiger partial charge in [-0.25, -0.2) is 4.99 Å². The van der Waals surface area contributed by atoms with Crippen LogP contribution in [0.5, 0.6) is 5.75 Å². The molecule has 3 heterocycles. The topological polar surface area (TPSA) is 62.4 Å². The fraction of sp³-hybridized carbons (Fsp3) is 0.0417. The highest BCUT2D eigenvalue weighted by atomic mass is 32.1. The molecule has 0 radical (unpaired) electrons. The normalized spacial score (nSPS) is 16.6. The maximum absolute atomic E-state index is 10.6. The van der Waals surface area contributed by atoms with E-state index in [0.29, 0.717) is 21.4 Å². The van der Waals surface area contributed by atoms with Crippen molar-refractivity contribution in [3.63, 3.8) is 0 Å². The second-order valence-electron chi connectivity index (χ2n) is 7.28. The summed E-state index contributed by atoms with van der Waals surface area (Å²) in [6, 6.07) is 26.7. The van der Waals surface area contributed by atoms with Gasteiger partial charge in [-0.05, 0) is 42.5 Å². The smallest absolute Gasteiger partial charge is 0.322 e.